The molecule has 1 heterocycles. The number of hydrogen-bond donors (Lipinski definition) is 0. The number of hydrogen-bond acceptors (Lipinski definition) is 5. The maximum Gasteiger partial charge on any atom is 0.323 e. The Morgan fingerprint density at radius 2 is 1.53 bits per heavy atom. The number of rotatable bonds is 9. The van der Waals surface area contributed by atoms with Crippen molar-refractivity contribution in [3.63, 3.8) is 0 Å². The highest BCUT2D eigenvalue weighted by atomic mass is 16.6. The van der Waals surface area contributed by atoms with Crippen LogP contribution in [-0.4, -0.2) is 31.8 Å². The summed E-state index contributed by atoms with van der Waals surface area (Å²) in [5.74, 6) is -0.269. The van der Waals surface area contributed by atoms with Crippen LogP contribution in [0.15, 0.2) is 12.1 Å². The zero-order valence-corrected chi connectivity index (χ0v) is 23.5. The van der Waals surface area contributed by atoms with E-state index in [4.69, 9.17) is 14.2 Å². The van der Waals surface area contributed by atoms with Gasteiger partial charge in [0.2, 0.25) is 0 Å². The second-order valence-corrected chi connectivity index (χ2v) is 11.0. The summed E-state index contributed by atoms with van der Waals surface area (Å²) in [6.07, 6.45) is 1.75. The van der Waals surface area contributed by atoms with Crippen LogP contribution in [0.1, 0.15) is 96.5 Å². The average molecular weight is 495 g/mol. The van der Waals surface area contributed by atoms with Crippen LogP contribution in [0.3, 0.4) is 0 Å². The van der Waals surface area contributed by atoms with Gasteiger partial charge in [0.1, 0.15) is 18.3 Å². The highest BCUT2D eigenvalue weighted by Gasteiger charge is 2.40. The average Bonchev–Trinajstić information content (AvgIpc) is 3.14. The van der Waals surface area contributed by atoms with E-state index in [1.807, 2.05) is 6.92 Å². The van der Waals surface area contributed by atoms with E-state index in [9.17, 15) is 9.59 Å². The first kappa shape index (κ1) is 27.9. The van der Waals surface area contributed by atoms with E-state index in [1.54, 1.807) is 0 Å². The molecule has 2 aromatic carbocycles. The fourth-order valence-corrected chi connectivity index (χ4v) is 5.04. The van der Waals surface area contributed by atoms with Gasteiger partial charge in [-0.25, -0.2) is 0 Å². The Morgan fingerprint density at radius 1 is 0.917 bits per heavy atom. The van der Waals surface area contributed by atoms with Crippen LogP contribution >= 0.6 is 0 Å². The Morgan fingerprint density at radius 3 is 2.11 bits per heavy atom. The molecule has 3 rings (SSSR count). The summed E-state index contributed by atoms with van der Waals surface area (Å²) in [5, 5.41) is 0. The molecule has 0 aliphatic carbocycles. The van der Waals surface area contributed by atoms with Crippen molar-refractivity contribution in [3.8, 4) is 5.75 Å². The van der Waals surface area contributed by atoms with E-state index >= 15 is 0 Å². The van der Waals surface area contributed by atoms with Crippen LogP contribution in [0, 0.1) is 34.6 Å². The Bertz CT molecular complexity index is 1120. The lowest BCUT2D eigenvalue weighted by atomic mass is 9.78. The topological polar surface area (TPSA) is 61.8 Å². The molecule has 0 fully saturated rings. The molecular weight excluding hydrogens is 452 g/mol. The van der Waals surface area contributed by atoms with E-state index < -0.39 is 5.92 Å². The molecule has 0 saturated carbocycles. The Balaban J connectivity index is 1.97. The second kappa shape index (κ2) is 11.2. The minimum atomic E-state index is -0.471. The van der Waals surface area contributed by atoms with E-state index in [2.05, 4.69) is 67.5 Å². The molecule has 196 valence electrons. The number of esters is 2. The number of ether oxygens (including phenoxy) is 3. The van der Waals surface area contributed by atoms with Gasteiger partial charge >= 0.3 is 11.9 Å². The van der Waals surface area contributed by atoms with Crippen molar-refractivity contribution in [1.82, 2.24) is 0 Å². The summed E-state index contributed by atoms with van der Waals surface area (Å²) in [7, 11) is 0. The first-order valence-corrected chi connectivity index (χ1v) is 13.1. The van der Waals surface area contributed by atoms with Crippen molar-refractivity contribution in [2.45, 2.75) is 92.9 Å². The van der Waals surface area contributed by atoms with Gasteiger partial charge in [0.15, 0.2) is 0 Å². The molecule has 0 N–H and O–H groups in total. The highest BCUT2D eigenvalue weighted by Crippen LogP contribution is 2.48. The maximum absolute atomic E-state index is 13.4. The van der Waals surface area contributed by atoms with Gasteiger partial charge < -0.3 is 14.2 Å². The molecule has 0 spiro atoms. The fourth-order valence-electron chi connectivity index (χ4n) is 5.04. The van der Waals surface area contributed by atoms with Gasteiger partial charge in [-0.3, -0.25) is 9.59 Å². The lowest BCUT2D eigenvalue weighted by Gasteiger charge is -2.24. The Labute approximate surface area is 216 Å². The zero-order valence-electron chi connectivity index (χ0n) is 23.5. The molecule has 5 nitrogen and oxygen atoms in total. The van der Waals surface area contributed by atoms with Gasteiger partial charge in [-0.2, -0.15) is 0 Å². The molecule has 0 radical (unpaired) electrons. The SMILES string of the molecule is CCCOCCOC(=O)CCc1cc2c(c(C(C)(C)C)c1)OC(=O)C2c1c(C)c(C)c(C)c(C)c1C. The van der Waals surface area contributed by atoms with Crippen molar-refractivity contribution in [3.05, 3.63) is 62.2 Å². The van der Waals surface area contributed by atoms with Crippen molar-refractivity contribution in [2.75, 3.05) is 19.8 Å². The fraction of sp³-hybridized carbons (Fsp3) is 0.548. The quantitative estimate of drug-likeness (QED) is 0.227. The molecule has 1 atom stereocenters. The third kappa shape index (κ3) is 5.67. The van der Waals surface area contributed by atoms with E-state index in [0.29, 0.717) is 25.4 Å². The minimum absolute atomic E-state index is 0.227. The van der Waals surface area contributed by atoms with Gasteiger partial charge in [-0.1, -0.05) is 39.8 Å². The minimum Gasteiger partial charge on any atom is -0.463 e. The lowest BCUT2D eigenvalue weighted by molar-refractivity contribution is -0.145. The summed E-state index contributed by atoms with van der Waals surface area (Å²) < 4.78 is 16.7. The van der Waals surface area contributed by atoms with Crippen molar-refractivity contribution < 1.29 is 23.8 Å². The lowest BCUT2D eigenvalue weighted by Crippen LogP contribution is -2.16. The molecule has 0 amide bonds. The van der Waals surface area contributed by atoms with Crippen molar-refractivity contribution in [1.29, 1.82) is 0 Å². The van der Waals surface area contributed by atoms with Gasteiger partial charge in [-0.15, -0.1) is 0 Å². The number of benzene rings is 2. The summed E-state index contributed by atoms with van der Waals surface area (Å²) in [6.45, 7) is 20.3. The van der Waals surface area contributed by atoms with Crippen LogP contribution in [0.4, 0.5) is 0 Å². The summed E-state index contributed by atoms with van der Waals surface area (Å²) in [6, 6.07) is 4.14. The molecule has 0 aromatic heterocycles. The summed E-state index contributed by atoms with van der Waals surface area (Å²) in [5.41, 5.74) is 9.70. The third-order valence-corrected chi connectivity index (χ3v) is 7.54. The Kier molecular flexibility index (Phi) is 8.66. The molecule has 36 heavy (non-hydrogen) atoms. The molecule has 1 aliphatic rings. The highest BCUT2D eigenvalue weighted by molar-refractivity contribution is 5.91. The first-order chi connectivity index (χ1) is 16.9. The van der Waals surface area contributed by atoms with E-state index in [-0.39, 0.29) is 30.4 Å². The standard InChI is InChI=1S/C31H42O5/c1-10-13-34-14-15-35-26(32)12-11-23-16-24-28(27-21(5)19(3)18(2)20(4)22(27)6)30(33)36-29(24)25(17-23)31(7,8)9/h16-17,28H,10-15H2,1-9H3. The summed E-state index contributed by atoms with van der Waals surface area (Å²) >= 11 is 0. The molecule has 0 saturated heterocycles. The maximum atomic E-state index is 13.4. The molecule has 2 aromatic rings. The van der Waals surface area contributed by atoms with Crippen LogP contribution < -0.4 is 4.74 Å². The molecule has 1 unspecified atom stereocenters. The third-order valence-electron chi connectivity index (χ3n) is 7.54. The van der Waals surface area contributed by atoms with E-state index in [0.717, 1.165) is 39.8 Å². The smallest absolute Gasteiger partial charge is 0.323 e. The van der Waals surface area contributed by atoms with Crippen LogP contribution in [0.2, 0.25) is 0 Å². The number of carbonyl (C=O) groups excluding carboxylic acids is 2. The zero-order chi connectivity index (χ0) is 26.8. The normalized spacial score (nSPS) is 15.1. The predicted molar refractivity (Wildman–Crippen MR) is 143 cm³/mol. The monoisotopic (exact) mass is 494 g/mol. The van der Waals surface area contributed by atoms with Crippen LogP contribution in [0.5, 0.6) is 5.75 Å². The van der Waals surface area contributed by atoms with Crippen LogP contribution in [0.25, 0.3) is 0 Å². The van der Waals surface area contributed by atoms with Gasteiger partial charge in [0, 0.05) is 24.2 Å². The van der Waals surface area contributed by atoms with Crippen molar-refractivity contribution in [2.24, 2.45) is 0 Å². The largest absolute Gasteiger partial charge is 0.463 e. The number of fused-ring (bicyclic) bond motifs is 1. The molecule has 1 aliphatic heterocycles. The second-order valence-electron chi connectivity index (χ2n) is 11.0. The van der Waals surface area contributed by atoms with Gasteiger partial charge in [0.25, 0.3) is 0 Å². The van der Waals surface area contributed by atoms with E-state index in [1.165, 1.54) is 16.7 Å². The van der Waals surface area contributed by atoms with Crippen molar-refractivity contribution >= 4 is 11.9 Å². The van der Waals surface area contributed by atoms with Crippen LogP contribution in [-0.2, 0) is 30.9 Å². The first-order valence-electron chi connectivity index (χ1n) is 13.1. The predicted octanol–water partition coefficient (Wildman–Crippen LogP) is 6.48. The molecular formula is C31H42O5. The van der Waals surface area contributed by atoms with Gasteiger partial charge in [-0.05, 0) is 91.8 Å². The number of carbonyl (C=O) groups is 2. The summed E-state index contributed by atoms with van der Waals surface area (Å²) in [4.78, 5) is 25.7. The number of aryl methyl sites for hydroxylation is 1. The molecule has 5 heteroatoms. The Hall–Kier alpha value is -2.66. The van der Waals surface area contributed by atoms with Gasteiger partial charge in [0.05, 0.1) is 6.61 Å². The molecule has 0 bridgehead atoms.